The molecule has 0 saturated carbocycles. The predicted octanol–water partition coefficient (Wildman–Crippen LogP) is 1.89. The van der Waals surface area contributed by atoms with Crippen LogP contribution < -0.4 is 0 Å². The number of nitrogens with zero attached hydrogens (tertiary/aromatic N) is 3. The van der Waals surface area contributed by atoms with Gasteiger partial charge in [0.15, 0.2) is 0 Å². The fraction of sp³-hybridized carbons (Fsp3) is 0.750. The van der Waals surface area contributed by atoms with Crippen molar-refractivity contribution in [2.45, 2.75) is 19.4 Å². The van der Waals surface area contributed by atoms with Gasteiger partial charge in [-0.2, -0.15) is 0 Å². The van der Waals surface area contributed by atoms with Crippen LogP contribution in [0.25, 0.3) is 0 Å². The van der Waals surface area contributed by atoms with Gasteiger partial charge in [0.1, 0.15) is 0 Å². The van der Waals surface area contributed by atoms with Crippen LogP contribution in [0, 0.1) is 11.8 Å². The number of hydrogen-bond donors (Lipinski definition) is 0. The normalized spacial score (nSPS) is 30.5. The minimum Gasteiger partial charge on any atom is -0.373 e. The molecule has 2 aliphatic rings. The second-order valence-corrected chi connectivity index (χ2v) is 6.23. The Bertz CT molecular complexity index is 326. The molecule has 0 N–H and O–H groups in total. The van der Waals surface area contributed by atoms with Crippen molar-refractivity contribution in [1.29, 1.82) is 0 Å². The highest BCUT2D eigenvalue weighted by atomic mass is 15.2. The Morgan fingerprint density at radius 2 is 2.05 bits per heavy atom. The molecule has 2 saturated heterocycles. The molecule has 0 amide bonds. The summed E-state index contributed by atoms with van der Waals surface area (Å²) in [6, 6.07) is 0.457. The van der Waals surface area contributed by atoms with Crippen molar-refractivity contribution >= 4 is 0 Å². The highest BCUT2D eigenvalue weighted by Crippen LogP contribution is 2.30. The van der Waals surface area contributed by atoms with Crippen molar-refractivity contribution in [2.24, 2.45) is 11.8 Å². The Kier molecular flexibility index (Phi) is 5.06. The Labute approximate surface area is 118 Å². The number of likely N-dealkylation sites (tertiary alicyclic amines) is 2. The van der Waals surface area contributed by atoms with E-state index in [-0.39, 0.29) is 0 Å². The number of hydrogen-bond acceptors (Lipinski definition) is 3. The van der Waals surface area contributed by atoms with E-state index in [1.165, 1.54) is 32.6 Å². The Morgan fingerprint density at radius 3 is 2.74 bits per heavy atom. The number of allylic oxidation sites excluding steroid dienone is 1. The summed E-state index contributed by atoms with van der Waals surface area (Å²) < 4.78 is 0. The van der Waals surface area contributed by atoms with E-state index in [9.17, 15) is 0 Å². The summed E-state index contributed by atoms with van der Waals surface area (Å²) in [4.78, 5) is 7.36. The second kappa shape index (κ2) is 6.58. The number of fused-ring (bicyclic) bond motifs is 1. The molecule has 2 aliphatic heterocycles. The monoisotopic (exact) mass is 263 g/mol. The van der Waals surface area contributed by atoms with E-state index in [2.05, 4.69) is 54.4 Å². The molecule has 3 heteroatoms. The molecule has 2 rings (SSSR count). The van der Waals surface area contributed by atoms with Crippen LogP contribution in [-0.4, -0.2) is 67.6 Å². The summed E-state index contributed by atoms with van der Waals surface area (Å²) in [6.45, 7) is 12.2. The summed E-state index contributed by atoms with van der Waals surface area (Å²) in [5, 5.41) is 0. The van der Waals surface area contributed by atoms with Gasteiger partial charge in [-0.25, -0.2) is 0 Å². The van der Waals surface area contributed by atoms with E-state index in [1.807, 2.05) is 6.20 Å². The van der Waals surface area contributed by atoms with Crippen LogP contribution in [0.4, 0.5) is 0 Å². The maximum atomic E-state index is 3.89. The van der Waals surface area contributed by atoms with Gasteiger partial charge in [-0.3, -0.25) is 0 Å². The van der Waals surface area contributed by atoms with Crippen LogP contribution in [0.3, 0.4) is 0 Å². The zero-order chi connectivity index (χ0) is 13.8. The molecule has 3 unspecified atom stereocenters. The van der Waals surface area contributed by atoms with Crippen LogP contribution in [0.2, 0.25) is 0 Å². The van der Waals surface area contributed by atoms with Crippen molar-refractivity contribution in [2.75, 3.05) is 46.8 Å². The van der Waals surface area contributed by atoms with E-state index in [1.54, 1.807) is 0 Å². The first-order valence-electron chi connectivity index (χ1n) is 7.52. The quantitative estimate of drug-likeness (QED) is 0.701. The third-order valence-corrected chi connectivity index (χ3v) is 4.74. The standard InChI is InChI=1S/C16H29N3/c1-5-7-16(18(4)6-2)13-19-9-8-14-10-17(3)11-15(14)12-19/h5-7,14-16H,2,8-13H2,1,3-4H3. The molecule has 0 spiro atoms. The van der Waals surface area contributed by atoms with E-state index in [4.69, 9.17) is 0 Å². The van der Waals surface area contributed by atoms with Crippen LogP contribution in [0.1, 0.15) is 13.3 Å². The summed E-state index contributed by atoms with van der Waals surface area (Å²) >= 11 is 0. The van der Waals surface area contributed by atoms with Crippen LogP contribution in [-0.2, 0) is 0 Å². The molecule has 19 heavy (non-hydrogen) atoms. The smallest absolute Gasteiger partial charge is 0.0591 e. The molecule has 2 fully saturated rings. The third-order valence-electron chi connectivity index (χ3n) is 4.74. The second-order valence-electron chi connectivity index (χ2n) is 6.23. The molecule has 108 valence electrons. The van der Waals surface area contributed by atoms with Gasteiger partial charge in [-0.1, -0.05) is 18.7 Å². The lowest BCUT2D eigenvalue weighted by molar-refractivity contribution is 0.128. The van der Waals surface area contributed by atoms with Crippen molar-refractivity contribution in [3.8, 4) is 0 Å². The zero-order valence-electron chi connectivity index (χ0n) is 12.8. The van der Waals surface area contributed by atoms with Gasteiger partial charge in [0, 0.05) is 33.2 Å². The summed E-state index contributed by atoms with van der Waals surface area (Å²) in [6.07, 6.45) is 7.74. The van der Waals surface area contributed by atoms with E-state index in [0.29, 0.717) is 6.04 Å². The van der Waals surface area contributed by atoms with Crippen molar-refractivity contribution in [1.82, 2.24) is 14.7 Å². The van der Waals surface area contributed by atoms with Gasteiger partial charge in [0.05, 0.1) is 6.04 Å². The van der Waals surface area contributed by atoms with Crippen molar-refractivity contribution in [3.05, 3.63) is 24.9 Å². The molecule has 0 aliphatic carbocycles. The highest BCUT2D eigenvalue weighted by molar-refractivity contribution is 4.98. The highest BCUT2D eigenvalue weighted by Gasteiger charge is 2.35. The first-order valence-corrected chi connectivity index (χ1v) is 7.52. The molecule has 0 bridgehead atoms. The van der Waals surface area contributed by atoms with Crippen molar-refractivity contribution in [3.63, 3.8) is 0 Å². The zero-order valence-corrected chi connectivity index (χ0v) is 12.8. The van der Waals surface area contributed by atoms with E-state index < -0.39 is 0 Å². The molecule has 3 nitrogen and oxygen atoms in total. The van der Waals surface area contributed by atoms with Gasteiger partial charge < -0.3 is 14.7 Å². The van der Waals surface area contributed by atoms with E-state index in [0.717, 1.165) is 18.4 Å². The molecular formula is C16H29N3. The van der Waals surface area contributed by atoms with Gasteiger partial charge >= 0.3 is 0 Å². The minimum atomic E-state index is 0.457. The van der Waals surface area contributed by atoms with Crippen molar-refractivity contribution < 1.29 is 0 Å². The molecule has 0 radical (unpaired) electrons. The summed E-state index contributed by atoms with van der Waals surface area (Å²) in [5.41, 5.74) is 0. The largest absolute Gasteiger partial charge is 0.373 e. The molecule has 0 aromatic rings. The first kappa shape index (κ1) is 14.6. The van der Waals surface area contributed by atoms with E-state index >= 15 is 0 Å². The fourth-order valence-corrected chi connectivity index (χ4v) is 3.59. The van der Waals surface area contributed by atoms with Crippen LogP contribution >= 0.6 is 0 Å². The molecule has 2 heterocycles. The summed E-state index contributed by atoms with van der Waals surface area (Å²) in [5.74, 6) is 1.83. The Balaban J connectivity index is 1.90. The number of piperidine rings is 1. The van der Waals surface area contributed by atoms with Gasteiger partial charge in [0.25, 0.3) is 0 Å². The molecule has 0 aromatic carbocycles. The van der Waals surface area contributed by atoms with Gasteiger partial charge in [-0.15, -0.1) is 0 Å². The molecular weight excluding hydrogens is 234 g/mol. The average Bonchev–Trinajstić information content (AvgIpc) is 2.76. The number of rotatable bonds is 5. The average molecular weight is 263 g/mol. The topological polar surface area (TPSA) is 9.72 Å². The molecule has 0 aromatic heterocycles. The van der Waals surface area contributed by atoms with Crippen LogP contribution in [0.5, 0.6) is 0 Å². The first-order chi connectivity index (χ1) is 9.13. The molecule has 3 atom stereocenters. The maximum absolute atomic E-state index is 3.89. The minimum absolute atomic E-state index is 0.457. The van der Waals surface area contributed by atoms with Crippen LogP contribution in [0.15, 0.2) is 24.9 Å². The third kappa shape index (κ3) is 3.61. The summed E-state index contributed by atoms with van der Waals surface area (Å²) in [7, 11) is 4.38. The SMILES string of the molecule is C=CN(C)C(C=CC)CN1CCC2CN(C)CC2C1. The maximum Gasteiger partial charge on any atom is 0.0591 e. The van der Waals surface area contributed by atoms with Gasteiger partial charge in [-0.05, 0) is 45.0 Å². The lowest BCUT2D eigenvalue weighted by atomic mass is 9.88. The van der Waals surface area contributed by atoms with Gasteiger partial charge in [0.2, 0.25) is 0 Å². The number of likely N-dealkylation sites (N-methyl/N-ethyl adjacent to an activating group) is 1. The fourth-order valence-electron chi connectivity index (χ4n) is 3.59. The lowest BCUT2D eigenvalue weighted by Gasteiger charge is -2.37. The Morgan fingerprint density at radius 1 is 1.32 bits per heavy atom. The lowest BCUT2D eigenvalue weighted by Crippen LogP contribution is -2.46. The Hall–Kier alpha value is -0.800. The predicted molar refractivity (Wildman–Crippen MR) is 82.1 cm³/mol.